The number of nitrogens with one attached hydrogen (secondary N) is 1. The Bertz CT molecular complexity index is 1160. The van der Waals surface area contributed by atoms with Crippen LogP contribution < -0.4 is 5.09 Å². The van der Waals surface area contributed by atoms with Crippen molar-refractivity contribution in [1.29, 1.82) is 0 Å². The van der Waals surface area contributed by atoms with Crippen LogP contribution in [0.4, 0.5) is 0 Å². The molecule has 0 bridgehead atoms. The van der Waals surface area contributed by atoms with Crippen molar-refractivity contribution in [1.82, 2.24) is 14.9 Å². The molecule has 1 saturated heterocycles. The summed E-state index contributed by atoms with van der Waals surface area (Å²) in [5.74, 6) is -0.167. The van der Waals surface area contributed by atoms with Crippen LogP contribution >= 0.6 is 20.3 Å². The normalized spacial score (nSPS) is 19.3. The van der Waals surface area contributed by atoms with E-state index in [-0.39, 0.29) is 17.0 Å². The Balaban J connectivity index is 1.67. The maximum absolute atomic E-state index is 14.0. The summed E-state index contributed by atoms with van der Waals surface area (Å²) in [6, 6.07) is 18.8. The van der Waals surface area contributed by atoms with Gasteiger partial charge in [-0.2, -0.15) is 0 Å². The minimum atomic E-state index is -1.41. The highest BCUT2D eigenvalue weighted by Gasteiger charge is 2.54. The largest absolute Gasteiger partial charge is 0.448 e. The number of benzene rings is 2. The monoisotopic (exact) mass is 569 g/mol. The summed E-state index contributed by atoms with van der Waals surface area (Å²) in [6.45, 7) is 6.69. The van der Waals surface area contributed by atoms with Gasteiger partial charge in [-0.05, 0) is 43.5 Å². The molecular formula is C29H36N3O5PS. The zero-order valence-electron chi connectivity index (χ0n) is 23.0. The molecule has 39 heavy (non-hydrogen) atoms. The predicted octanol–water partition coefficient (Wildman–Crippen LogP) is 5.21. The van der Waals surface area contributed by atoms with Gasteiger partial charge in [-0.3, -0.25) is 9.69 Å². The summed E-state index contributed by atoms with van der Waals surface area (Å²) >= 11 is 1.61. The van der Waals surface area contributed by atoms with E-state index in [0.717, 1.165) is 22.4 Å². The van der Waals surface area contributed by atoms with Gasteiger partial charge in [-0.1, -0.05) is 60.7 Å². The molecule has 1 fully saturated rings. The first kappa shape index (κ1) is 29.3. The van der Waals surface area contributed by atoms with Crippen LogP contribution in [0.25, 0.3) is 0 Å². The zero-order valence-corrected chi connectivity index (χ0v) is 24.7. The van der Waals surface area contributed by atoms with E-state index in [4.69, 9.17) is 13.8 Å². The van der Waals surface area contributed by atoms with E-state index in [1.54, 1.807) is 16.7 Å². The van der Waals surface area contributed by atoms with Gasteiger partial charge in [0.25, 0.3) is 8.53 Å². The van der Waals surface area contributed by atoms with Crippen LogP contribution in [0.2, 0.25) is 0 Å². The molecule has 2 aromatic carbocycles. The third kappa shape index (κ3) is 6.73. The number of thioether (sulfide) groups is 1. The molecule has 1 amide bonds. The molecule has 0 saturated carbocycles. The lowest BCUT2D eigenvalue weighted by Gasteiger charge is -2.50. The summed E-state index contributed by atoms with van der Waals surface area (Å²) in [7, 11) is 2.48. The molecule has 2 aliphatic heterocycles. The third-order valence-corrected chi connectivity index (χ3v) is 9.22. The summed E-state index contributed by atoms with van der Waals surface area (Å²) in [4.78, 5) is 31.1. The molecule has 0 spiro atoms. The topological polar surface area (TPSA) is 80.3 Å². The van der Waals surface area contributed by atoms with E-state index in [1.165, 1.54) is 0 Å². The Labute approximate surface area is 236 Å². The summed E-state index contributed by atoms with van der Waals surface area (Å²) < 4.78 is 17.6. The molecule has 2 atom stereocenters. The van der Waals surface area contributed by atoms with Crippen molar-refractivity contribution in [3.63, 3.8) is 0 Å². The van der Waals surface area contributed by atoms with Gasteiger partial charge in [0, 0.05) is 25.5 Å². The maximum atomic E-state index is 14.0. The fourth-order valence-corrected chi connectivity index (χ4v) is 6.90. The van der Waals surface area contributed by atoms with Gasteiger partial charge in [-0.15, -0.1) is 11.8 Å². The van der Waals surface area contributed by atoms with Crippen LogP contribution in [-0.2, 0) is 23.4 Å². The molecule has 2 aliphatic rings. The van der Waals surface area contributed by atoms with Crippen molar-refractivity contribution in [3.8, 4) is 0 Å². The first-order valence-corrected chi connectivity index (χ1v) is 15.2. The summed E-state index contributed by atoms with van der Waals surface area (Å²) in [6.07, 6.45) is 1.34. The number of hydrogen-bond acceptors (Lipinski definition) is 8. The molecule has 2 aromatic rings. The molecule has 208 valence electrons. The second-order valence-corrected chi connectivity index (χ2v) is 11.7. The van der Waals surface area contributed by atoms with E-state index in [2.05, 4.69) is 5.09 Å². The van der Waals surface area contributed by atoms with Crippen LogP contribution in [0.3, 0.4) is 0 Å². The zero-order chi connectivity index (χ0) is 27.9. The lowest BCUT2D eigenvalue weighted by Crippen LogP contribution is -2.69. The molecule has 8 nitrogen and oxygen atoms in total. The number of allylic oxidation sites excluding steroid dienone is 2. The van der Waals surface area contributed by atoms with Gasteiger partial charge in [0.15, 0.2) is 6.10 Å². The molecule has 4 rings (SSSR count). The molecule has 0 aliphatic carbocycles. The van der Waals surface area contributed by atoms with Crippen molar-refractivity contribution in [2.24, 2.45) is 0 Å². The number of β-lactam (4-membered cyclic amide) rings is 1. The smallest absolute Gasteiger partial charge is 0.356 e. The lowest BCUT2D eigenvalue weighted by molar-refractivity contribution is -0.153. The van der Waals surface area contributed by atoms with Crippen molar-refractivity contribution in [2.75, 3.05) is 33.1 Å². The van der Waals surface area contributed by atoms with Gasteiger partial charge in [-0.25, -0.2) is 9.88 Å². The highest BCUT2D eigenvalue weighted by Crippen LogP contribution is 2.45. The molecule has 1 N–H and O–H groups in total. The van der Waals surface area contributed by atoms with Gasteiger partial charge in [0.1, 0.15) is 17.1 Å². The molecule has 2 heterocycles. The highest BCUT2D eigenvalue weighted by molar-refractivity contribution is 8.00. The third-order valence-electron chi connectivity index (χ3n) is 6.45. The Hall–Kier alpha value is -2.68. The van der Waals surface area contributed by atoms with Crippen LogP contribution in [0.1, 0.15) is 38.0 Å². The Kier molecular flexibility index (Phi) is 10.2. The van der Waals surface area contributed by atoms with E-state index < -0.39 is 26.6 Å². The number of fused-ring (bicyclic) bond motifs is 1. The summed E-state index contributed by atoms with van der Waals surface area (Å²) in [5, 5.41) is 2.97. The Morgan fingerprint density at radius 3 is 2.15 bits per heavy atom. The van der Waals surface area contributed by atoms with Crippen LogP contribution in [-0.4, -0.2) is 66.2 Å². The van der Waals surface area contributed by atoms with Crippen molar-refractivity contribution in [2.45, 2.75) is 38.3 Å². The van der Waals surface area contributed by atoms with E-state index in [9.17, 15) is 9.59 Å². The van der Waals surface area contributed by atoms with Gasteiger partial charge < -0.3 is 18.7 Å². The van der Waals surface area contributed by atoms with E-state index in [1.807, 2.05) is 107 Å². The molecular weight excluding hydrogens is 533 g/mol. The molecule has 10 heteroatoms. The minimum Gasteiger partial charge on any atom is -0.448 e. The number of hydrogen-bond donors (Lipinski definition) is 1. The number of nitrogens with zero attached hydrogens (tertiary/aromatic N) is 2. The van der Waals surface area contributed by atoms with Crippen LogP contribution in [0.15, 0.2) is 83.7 Å². The molecule has 0 aromatic heterocycles. The predicted molar refractivity (Wildman–Crippen MR) is 155 cm³/mol. The second-order valence-electron chi connectivity index (χ2n) is 9.27. The number of esters is 1. The summed E-state index contributed by atoms with van der Waals surface area (Å²) in [5.41, 5.74) is 3.73. The van der Waals surface area contributed by atoms with Gasteiger partial charge in [0.2, 0.25) is 5.91 Å². The van der Waals surface area contributed by atoms with E-state index >= 15 is 0 Å². The van der Waals surface area contributed by atoms with Gasteiger partial charge in [0.05, 0.1) is 13.2 Å². The highest BCUT2D eigenvalue weighted by atomic mass is 32.2. The Morgan fingerprint density at radius 1 is 1.08 bits per heavy atom. The Morgan fingerprint density at radius 2 is 1.64 bits per heavy atom. The average molecular weight is 570 g/mol. The number of ether oxygens (including phenoxy) is 1. The number of carbonyl (C=O) groups is 2. The molecule has 2 unspecified atom stereocenters. The van der Waals surface area contributed by atoms with Crippen molar-refractivity contribution < 1.29 is 23.4 Å². The molecule has 0 radical (unpaired) electrons. The number of amides is 1. The fourth-order valence-electron chi connectivity index (χ4n) is 4.32. The van der Waals surface area contributed by atoms with E-state index in [0.29, 0.717) is 19.0 Å². The SMILES string of the molecule is CCOP(NC1C(=O)N2C(C(=O)OC(c3ccccc3)c3ccccc3)=C(C=C(C)N(C)C)CSC12)OCC. The standard InChI is InChI=1S/C29H36N3O5PS/c1-6-35-38(36-7-2)30-24-27(33)32-25(23(19-39-28(24)32)18-20(3)31(4)5)29(34)37-26(21-14-10-8-11-15-21)22-16-12-9-13-17-22/h8-18,24,26,28,30H,6-7,19H2,1-5H3. The minimum absolute atomic E-state index is 0.199. The van der Waals surface area contributed by atoms with Gasteiger partial charge >= 0.3 is 5.97 Å². The maximum Gasteiger partial charge on any atom is 0.356 e. The first-order valence-electron chi connectivity index (χ1n) is 13.0. The first-order chi connectivity index (χ1) is 18.8. The number of rotatable bonds is 12. The average Bonchev–Trinajstić information content (AvgIpc) is 2.95. The fraction of sp³-hybridized carbons (Fsp3) is 0.379. The van der Waals surface area contributed by atoms with Crippen molar-refractivity contribution in [3.05, 3.63) is 94.8 Å². The van der Waals surface area contributed by atoms with Crippen LogP contribution in [0, 0.1) is 0 Å². The second kappa shape index (κ2) is 13.6. The van der Waals surface area contributed by atoms with Crippen LogP contribution in [0.5, 0.6) is 0 Å². The van der Waals surface area contributed by atoms with Crippen molar-refractivity contribution >= 4 is 32.2 Å². The lowest BCUT2D eigenvalue weighted by atomic mass is 10.0. The quantitative estimate of drug-likeness (QED) is 0.212. The number of carbonyl (C=O) groups excluding carboxylic acids is 2.